The van der Waals surface area contributed by atoms with Gasteiger partial charge in [-0.3, -0.25) is 5.10 Å². The predicted octanol–water partition coefficient (Wildman–Crippen LogP) is 4.29. The highest BCUT2D eigenvalue weighted by atomic mass is 19.4. The lowest BCUT2D eigenvalue weighted by Crippen LogP contribution is -2.04. The van der Waals surface area contributed by atoms with Gasteiger partial charge in [-0.1, -0.05) is 18.2 Å². The van der Waals surface area contributed by atoms with E-state index in [0.29, 0.717) is 16.9 Å². The molecule has 0 aliphatic rings. The highest BCUT2D eigenvalue weighted by Crippen LogP contribution is 2.33. The van der Waals surface area contributed by atoms with Crippen LogP contribution in [0.1, 0.15) is 5.56 Å². The lowest BCUT2D eigenvalue weighted by atomic mass is 10.0. The molecule has 3 rings (SSSR count). The first kappa shape index (κ1) is 13.5. The number of benzene rings is 2. The summed E-state index contributed by atoms with van der Waals surface area (Å²) < 4.78 is 38.3. The molecule has 0 atom stereocenters. The van der Waals surface area contributed by atoms with Crippen molar-refractivity contribution in [3.05, 3.63) is 48.0 Å². The van der Waals surface area contributed by atoms with Gasteiger partial charge >= 0.3 is 6.18 Å². The molecule has 1 heterocycles. The summed E-state index contributed by atoms with van der Waals surface area (Å²) in [6.45, 7) is 0. The summed E-state index contributed by atoms with van der Waals surface area (Å²) >= 11 is 0. The highest BCUT2D eigenvalue weighted by Gasteiger charge is 2.30. The molecule has 6 heteroatoms. The van der Waals surface area contributed by atoms with Gasteiger partial charge in [0.15, 0.2) is 5.82 Å². The minimum atomic E-state index is -4.34. The summed E-state index contributed by atoms with van der Waals surface area (Å²) in [4.78, 5) is 0. The lowest BCUT2D eigenvalue weighted by Gasteiger charge is -2.09. The zero-order valence-electron chi connectivity index (χ0n) is 11.1. The second-order valence-corrected chi connectivity index (χ2v) is 4.66. The summed E-state index contributed by atoms with van der Waals surface area (Å²) in [6, 6.07) is 10.7. The van der Waals surface area contributed by atoms with Crippen LogP contribution in [-0.4, -0.2) is 17.2 Å². The fraction of sp³-hybridized carbons (Fsp3) is 0.133. The molecule has 2 aromatic carbocycles. The molecule has 0 fully saturated rings. The van der Waals surface area contributed by atoms with Crippen LogP contribution in [0, 0.1) is 0 Å². The van der Waals surface area contributed by atoms with Crippen molar-refractivity contribution >= 4 is 16.7 Å². The number of alkyl halides is 3. The van der Waals surface area contributed by atoms with Crippen LogP contribution in [-0.2, 0) is 6.18 Å². The van der Waals surface area contributed by atoms with Crippen molar-refractivity contribution < 1.29 is 13.2 Å². The van der Waals surface area contributed by atoms with Crippen molar-refractivity contribution in [2.24, 2.45) is 0 Å². The molecular formula is C15H12F3N3. The van der Waals surface area contributed by atoms with Crippen molar-refractivity contribution in [3.8, 4) is 11.1 Å². The van der Waals surface area contributed by atoms with Crippen LogP contribution in [0.5, 0.6) is 0 Å². The van der Waals surface area contributed by atoms with Gasteiger partial charge in [0, 0.05) is 12.4 Å². The first-order valence-corrected chi connectivity index (χ1v) is 6.32. The Morgan fingerprint density at radius 2 is 1.81 bits per heavy atom. The molecule has 0 unspecified atom stereocenters. The van der Waals surface area contributed by atoms with E-state index in [9.17, 15) is 13.2 Å². The smallest absolute Gasteiger partial charge is 0.371 e. The summed E-state index contributed by atoms with van der Waals surface area (Å²) in [5.74, 6) is 0.666. The maximum absolute atomic E-state index is 12.8. The topological polar surface area (TPSA) is 40.7 Å². The van der Waals surface area contributed by atoms with Gasteiger partial charge in [-0.2, -0.15) is 18.3 Å². The quantitative estimate of drug-likeness (QED) is 0.739. The fourth-order valence-corrected chi connectivity index (χ4v) is 2.26. The molecule has 0 bridgehead atoms. The van der Waals surface area contributed by atoms with Gasteiger partial charge in [-0.05, 0) is 35.4 Å². The molecule has 0 saturated heterocycles. The second kappa shape index (κ2) is 4.80. The standard InChI is InChI=1S/C15H12F3N3/c1-19-14-12-8-10(5-6-13(12)20-21-14)9-3-2-4-11(7-9)15(16,17)18/h2-8H,1H3,(H2,19,20,21). The first-order chi connectivity index (χ1) is 9.99. The molecule has 3 nitrogen and oxygen atoms in total. The van der Waals surface area contributed by atoms with Gasteiger partial charge in [0.25, 0.3) is 0 Å². The molecule has 108 valence electrons. The van der Waals surface area contributed by atoms with E-state index in [1.165, 1.54) is 6.07 Å². The minimum absolute atomic E-state index is 0.523. The third kappa shape index (κ3) is 2.44. The van der Waals surface area contributed by atoms with Crippen molar-refractivity contribution in [1.29, 1.82) is 0 Å². The Labute approximate surface area is 118 Å². The Balaban J connectivity index is 2.12. The number of halogens is 3. The van der Waals surface area contributed by atoms with Crippen LogP contribution in [0.15, 0.2) is 42.5 Å². The van der Waals surface area contributed by atoms with E-state index in [-0.39, 0.29) is 0 Å². The molecule has 0 radical (unpaired) electrons. The zero-order chi connectivity index (χ0) is 15.0. The zero-order valence-corrected chi connectivity index (χ0v) is 11.1. The number of H-pyrrole nitrogens is 1. The third-order valence-corrected chi connectivity index (χ3v) is 3.32. The van der Waals surface area contributed by atoms with E-state index < -0.39 is 11.7 Å². The molecule has 0 saturated carbocycles. The van der Waals surface area contributed by atoms with E-state index in [2.05, 4.69) is 15.5 Å². The molecule has 2 N–H and O–H groups in total. The molecule has 3 aromatic rings. The number of hydrogen-bond acceptors (Lipinski definition) is 2. The molecule has 0 aliphatic carbocycles. The van der Waals surface area contributed by atoms with E-state index in [4.69, 9.17) is 0 Å². The van der Waals surface area contributed by atoms with Gasteiger partial charge in [-0.25, -0.2) is 0 Å². The molecule has 21 heavy (non-hydrogen) atoms. The third-order valence-electron chi connectivity index (χ3n) is 3.32. The number of fused-ring (bicyclic) bond motifs is 1. The number of nitrogens with one attached hydrogen (secondary N) is 2. The SMILES string of the molecule is CNc1n[nH]c2ccc(-c3cccc(C(F)(F)F)c3)cc12. The molecular weight excluding hydrogens is 279 g/mol. The lowest BCUT2D eigenvalue weighted by molar-refractivity contribution is -0.137. The number of rotatable bonds is 2. The number of hydrogen-bond donors (Lipinski definition) is 2. The Bertz CT molecular complexity index is 790. The highest BCUT2D eigenvalue weighted by molar-refractivity contribution is 5.93. The maximum Gasteiger partial charge on any atom is 0.416 e. The van der Waals surface area contributed by atoms with Crippen LogP contribution in [0.3, 0.4) is 0 Å². The monoisotopic (exact) mass is 291 g/mol. The molecule has 0 amide bonds. The summed E-state index contributed by atoms with van der Waals surface area (Å²) in [5.41, 5.74) is 1.41. The van der Waals surface area contributed by atoms with Gasteiger partial charge in [0.2, 0.25) is 0 Å². The maximum atomic E-state index is 12.8. The molecule has 0 aliphatic heterocycles. The van der Waals surface area contributed by atoms with E-state index in [1.807, 2.05) is 6.07 Å². The second-order valence-electron chi connectivity index (χ2n) is 4.66. The molecule has 1 aromatic heterocycles. The normalized spacial score (nSPS) is 11.8. The van der Waals surface area contributed by atoms with E-state index >= 15 is 0 Å². The average Bonchev–Trinajstić information content (AvgIpc) is 2.88. The summed E-state index contributed by atoms with van der Waals surface area (Å²) in [7, 11) is 1.74. The Hall–Kier alpha value is -2.50. The van der Waals surface area contributed by atoms with Gasteiger partial charge < -0.3 is 5.32 Å². The minimum Gasteiger partial charge on any atom is -0.371 e. The van der Waals surface area contributed by atoms with Gasteiger partial charge in [0.05, 0.1) is 11.1 Å². The van der Waals surface area contributed by atoms with E-state index in [0.717, 1.165) is 23.0 Å². The number of nitrogens with zero attached hydrogens (tertiary/aromatic N) is 1. The summed E-state index contributed by atoms with van der Waals surface area (Å²) in [5, 5.41) is 10.7. The van der Waals surface area contributed by atoms with Crippen molar-refractivity contribution in [2.75, 3.05) is 12.4 Å². The number of anilines is 1. The largest absolute Gasteiger partial charge is 0.416 e. The van der Waals surface area contributed by atoms with Crippen LogP contribution in [0.4, 0.5) is 19.0 Å². The number of aromatic nitrogens is 2. The van der Waals surface area contributed by atoms with Crippen molar-refractivity contribution in [2.45, 2.75) is 6.18 Å². The van der Waals surface area contributed by atoms with Crippen LogP contribution < -0.4 is 5.32 Å². The van der Waals surface area contributed by atoms with Gasteiger partial charge in [0.1, 0.15) is 0 Å². The average molecular weight is 291 g/mol. The molecule has 0 spiro atoms. The van der Waals surface area contributed by atoms with Crippen molar-refractivity contribution in [1.82, 2.24) is 10.2 Å². The first-order valence-electron chi connectivity index (χ1n) is 6.32. The summed E-state index contributed by atoms with van der Waals surface area (Å²) in [6.07, 6.45) is -4.34. The van der Waals surface area contributed by atoms with Crippen molar-refractivity contribution in [3.63, 3.8) is 0 Å². The van der Waals surface area contributed by atoms with E-state index in [1.54, 1.807) is 25.2 Å². The fourth-order valence-electron chi connectivity index (χ4n) is 2.26. The number of aromatic amines is 1. The Morgan fingerprint density at radius 1 is 1.05 bits per heavy atom. The predicted molar refractivity (Wildman–Crippen MR) is 76.1 cm³/mol. The van der Waals surface area contributed by atoms with Crippen LogP contribution in [0.2, 0.25) is 0 Å². The van der Waals surface area contributed by atoms with Crippen LogP contribution in [0.25, 0.3) is 22.0 Å². The Kier molecular flexibility index (Phi) is 3.08. The Morgan fingerprint density at radius 3 is 2.52 bits per heavy atom. The van der Waals surface area contributed by atoms with Crippen LogP contribution >= 0.6 is 0 Å². The van der Waals surface area contributed by atoms with Gasteiger partial charge in [-0.15, -0.1) is 0 Å².